The highest BCUT2D eigenvalue weighted by Crippen LogP contribution is 2.63. The summed E-state index contributed by atoms with van der Waals surface area (Å²) in [6.07, 6.45) is -0.319. The van der Waals surface area contributed by atoms with Gasteiger partial charge in [0, 0.05) is 18.5 Å². The van der Waals surface area contributed by atoms with Gasteiger partial charge in [0.05, 0.1) is 25.0 Å². The van der Waals surface area contributed by atoms with Crippen LogP contribution in [-0.4, -0.2) is 42.8 Å². The molecule has 34 heavy (non-hydrogen) atoms. The number of hydrogen-bond donors (Lipinski definition) is 1. The molecule has 0 saturated heterocycles. The largest absolute Gasteiger partial charge is 0.466 e. The van der Waals surface area contributed by atoms with E-state index in [1.54, 1.807) is 53.7 Å². The van der Waals surface area contributed by atoms with Gasteiger partial charge in [-0.05, 0) is 70.7 Å². The molecular formula is C25H35NO8. The first kappa shape index (κ1) is 27.1. The first-order valence-electron chi connectivity index (χ1n) is 11.4. The molecule has 9 nitrogen and oxygen atoms in total. The number of benzene rings is 1. The summed E-state index contributed by atoms with van der Waals surface area (Å²) in [7, 11) is 0. The van der Waals surface area contributed by atoms with Gasteiger partial charge in [-0.2, -0.15) is 0 Å². The van der Waals surface area contributed by atoms with Gasteiger partial charge in [0.25, 0.3) is 0 Å². The van der Waals surface area contributed by atoms with Crippen LogP contribution < -0.4 is 5.32 Å². The third kappa shape index (κ3) is 6.71. The highest BCUT2D eigenvalue weighted by molar-refractivity contribution is 5.89. The number of carbonyl (C=O) groups excluding carboxylic acids is 4. The van der Waals surface area contributed by atoms with Crippen LogP contribution in [0.25, 0.3) is 0 Å². The molecule has 1 aliphatic rings. The number of hydrogen-bond acceptors (Lipinski definition) is 8. The van der Waals surface area contributed by atoms with Crippen molar-refractivity contribution in [1.82, 2.24) is 0 Å². The average Bonchev–Trinajstić information content (AvgIpc) is 3.42. The Labute approximate surface area is 200 Å². The van der Waals surface area contributed by atoms with Crippen LogP contribution in [0.1, 0.15) is 77.0 Å². The third-order valence-electron chi connectivity index (χ3n) is 5.59. The Balaban J connectivity index is 2.43. The molecule has 0 aliphatic heterocycles. The Bertz CT molecular complexity index is 949. The predicted molar refractivity (Wildman–Crippen MR) is 124 cm³/mol. The quantitative estimate of drug-likeness (QED) is 0.411. The van der Waals surface area contributed by atoms with Crippen LogP contribution in [0.4, 0.5) is 10.5 Å². The second kappa shape index (κ2) is 10.9. The fourth-order valence-corrected chi connectivity index (χ4v) is 3.97. The van der Waals surface area contributed by atoms with Gasteiger partial charge < -0.3 is 18.9 Å². The molecule has 2 rings (SSSR count). The van der Waals surface area contributed by atoms with Gasteiger partial charge in [0.1, 0.15) is 12.2 Å². The first-order chi connectivity index (χ1) is 15.8. The van der Waals surface area contributed by atoms with E-state index in [9.17, 15) is 19.2 Å². The van der Waals surface area contributed by atoms with Crippen molar-refractivity contribution >= 4 is 29.7 Å². The van der Waals surface area contributed by atoms with E-state index < -0.39 is 35.0 Å². The standard InChI is InChI=1S/C25H35NO8/c1-8-31-21(28)13-25(22(29)32-9-2)12-19(25)17-10-11-20(26-23(30)34-24(5,6)7)15(3)18(17)14-33-16(4)27/h10-11,19H,8-9,12-14H2,1-7H3,(H,26,30)/t19-,25?/m0/s1. The van der Waals surface area contributed by atoms with Crippen molar-refractivity contribution in [3.8, 4) is 0 Å². The number of rotatable bonds is 9. The fourth-order valence-electron chi connectivity index (χ4n) is 3.97. The molecule has 1 aromatic carbocycles. The Morgan fingerprint density at radius 2 is 1.71 bits per heavy atom. The van der Waals surface area contributed by atoms with Crippen molar-refractivity contribution in [2.45, 2.75) is 79.4 Å². The highest BCUT2D eigenvalue weighted by atomic mass is 16.6. The monoisotopic (exact) mass is 477 g/mol. The van der Waals surface area contributed by atoms with E-state index in [0.29, 0.717) is 23.2 Å². The molecule has 1 unspecified atom stereocenters. The van der Waals surface area contributed by atoms with E-state index in [1.165, 1.54) is 6.92 Å². The number of esters is 3. The molecule has 0 aromatic heterocycles. The summed E-state index contributed by atoms with van der Waals surface area (Å²) in [6, 6.07) is 3.49. The summed E-state index contributed by atoms with van der Waals surface area (Å²) >= 11 is 0. The number of anilines is 1. The van der Waals surface area contributed by atoms with Crippen molar-refractivity contribution in [3.63, 3.8) is 0 Å². The molecule has 1 fully saturated rings. The van der Waals surface area contributed by atoms with Gasteiger partial charge in [0.15, 0.2) is 0 Å². The van der Waals surface area contributed by atoms with Gasteiger partial charge >= 0.3 is 24.0 Å². The average molecular weight is 478 g/mol. The molecule has 9 heteroatoms. The summed E-state index contributed by atoms with van der Waals surface area (Å²) < 4.78 is 21.0. The van der Waals surface area contributed by atoms with E-state index in [-0.39, 0.29) is 32.2 Å². The van der Waals surface area contributed by atoms with Crippen LogP contribution in [0, 0.1) is 12.3 Å². The lowest BCUT2D eigenvalue weighted by atomic mass is 9.90. The summed E-state index contributed by atoms with van der Waals surface area (Å²) in [6.45, 7) is 12.2. The van der Waals surface area contributed by atoms with Gasteiger partial charge in [-0.3, -0.25) is 19.7 Å². The molecule has 1 N–H and O–H groups in total. The minimum Gasteiger partial charge on any atom is -0.466 e. The third-order valence-corrected chi connectivity index (χ3v) is 5.59. The van der Waals surface area contributed by atoms with Crippen LogP contribution in [0.5, 0.6) is 0 Å². The molecule has 2 atom stereocenters. The molecule has 1 aromatic rings. The molecule has 1 aliphatic carbocycles. The first-order valence-corrected chi connectivity index (χ1v) is 11.4. The summed E-state index contributed by atoms with van der Waals surface area (Å²) in [5, 5.41) is 2.73. The minimum atomic E-state index is -1.04. The Kier molecular flexibility index (Phi) is 8.69. The van der Waals surface area contributed by atoms with Gasteiger partial charge in [0.2, 0.25) is 0 Å². The van der Waals surface area contributed by atoms with Crippen molar-refractivity contribution in [3.05, 3.63) is 28.8 Å². The lowest BCUT2D eigenvalue weighted by molar-refractivity contribution is -0.156. The predicted octanol–water partition coefficient (Wildman–Crippen LogP) is 4.40. The van der Waals surface area contributed by atoms with Crippen LogP contribution in [0.3, 0.4) is 0 Å². The van der Waals surface area contributed by atoms with E-state index in [1.807, 2.05) is 0 Å². The minimum absolute atomic E-state index is 0.0465. The van der Waals surface area contributed by atoms with E-state index in [2.05, 4.69) is 5.32 Å². The number of nitrogens with one attached hydrogen (secondary N) is 1. The van der Waals surface area contributed by atoms with E-state index in [0.717, 1.165) is 5.56 Å². The number of carbonyl (C=O) groups is 4. The molecule has 0 radical (unpaired) electrons. The topological polar surface area (TPSA) is 117 Å². The summed E-state index contributed by atoms with van der Waals surface area (Å²) in [5.41, 5.74) is 0.867. The van der Waals surface area contributed by atoms with Crippen molar-refractivity contribution in [2.24, 2.45) is 5.41 Å². The zero-order valence-corrected chi connectivity index (χ0v) is 21.0. The van der Waals surface area contributed by atoms with Crippen molar-refractivity contribution < 1.29 is 38.1 Å². The zero-order chi connectivity index (χ0) is 25.7. The van der Waals surface area contributed by atoms with E-state index in [4.69, 9.17) is 18.9 Å². The van der Waals surface area contributed by atoms with Crippen molar-refractivity contribution in [2.75, 3.05) is 18.5 Å². The van der Waals surface area contributed by atoms with Gasteiger partial charge in [-0.25, -0.2) is 4.79 Å². The molecule has 188 valence electrons. The lowest BCUT2D eigenvalue weighted by Crippen LogP contribution is -2.27. The summed E-state index contributed by atoms with van der Waals surface area (Å²) in [4.78, 5) is 49.0. The van der Waals surface area contributed by atoms with Gasteiger partial charge in [-0.1, -0.05) is 6.07 Å². The number of amides is 1. The van der Waals surface area contributed by atoms with E-state index >= 15 is 0 Å². The molecular weight excluding hydrogens is 442 g/mol. The Morgan fingerprint density at radius 3 is 2.26 bits per heavy atom. The highest BCUT2D eigenvalue weighted by Gasteiger charge is 2.63. The molecule has 0 heterocycles. The SMILES string of the molecule is CCOC(=O)CC1(C(=O)OCC)C[C@H]1c1ccc(NC(=O)OC(C)(C)C)c(C)c1COC(C)=O. The fraction of sp³-hybridized carbons (Fsp3) is 0.600. The maximum absolute atomic E-state index is 12.9. The number of ether oxygens (including phenoxy) is 4. The Morgan fingerprint density at radius 1 is 1.06 bits per heavy atom. The second-order valence-corrected chi connectivity index (χ2v) is 9.33. The van der Waals surface area contributed by atoms with Crippen LogP contribution in [0.15, 0.2) is 12.1 Å². The molecule has 1 saturated carbocycles. The molecule has 1 amide bonds. The summed E-state index contributed by atoms with van der Waals surface area (Å²) in [5.74, 6) is -1.72. The van der Waals surface area contributed by atoms with Gasteiger partial charge in [-0.15, -0.1) is 0 Å². The molecule has 0 bridgehead atoms. The van der Waals surface area contributed by atoms with Crippen molar-refractivity contribution in [1.29, 1.82) is 0 Å². The van der Waals surface area contributed by atoms with Crippen LogP contribution >= 0.6 is 0 Å². The Hall–Kier alpha value is -3.10. The zero-order valence-electron chi connectivity index (χ0n) is 21.0. The van der Waals surface area contributed by atoms with Crippen LogP contribution in [0.2, 0.25) is 0 Å². The lowest BCUT2D eigenvalue weighted by Gasteiger charge is -2.22. The molecule has 0 spiro atoms. The normalized spacial score (nSPS) is 19.1. The maximum atomic E-state index is 12.9. The second-order valence-electron chi connectivity index (χ2n) is 9.33. The smallest absolute Gasteiger partial charge is 0.412 e. The van der Waals surface area contributed by atoms with Crippen LogP contribution in [-0.2, 0) is 39.9 Å². The maximum Gasteiger partial charge on any atom is 0.412 e.